The number of carbonyl (C=O) groups is 4. The number of para-hydroxylation sites is 2. The first-order valence-corrected chi connectivity index (χ1v) is 23.7. The summed E-state index contributed by atoms with van der Waals surface area (Å²) >= 11 is 0. The van der Waals surface area contributed by atoms with Crippen LogP contribution in [0.25, 0.3) is 44.6 Å². The highest BCUT2D eigenvalue weighted by Gasteiger charge is 2.46. The predicted molar refractivity (Wildman–Crippen MR) is 273 cm³/mol. The summed E-state index contributed by atoms with van der Waals surface area (Å²) in [5.74, 6) is -5.72. The number of carboxylic acid groups (broad SMARTS) is 2. The van der Waals surface area contributed by atoms with Gasteiger partial charge in [0.25, 0.3) is 11.8 Å². The van der Waals surface area contributed by atoms with Crippen LogP contribution in [0, 0.1) is 23.7 Å². The van der Waals surface area contributed by atoms with Crippen LogP contribution in [0.4, 0.5) is 11.6 Å². The Bertz CT molecular complexity index is 3290. The molecule has 8 N–H and O–H groups in total. The number of anilines is 2. The maximum absolute atomic E-state index is 13.3. The number of amides is 2. The monoisotopic (exact) mass is 994 g/mol. The fraction of sp³-hybridized carbons (Fsp3) is 0.222. The molecular weight excluding hydrogens is 945 g/mol. The fourth-order valence-electron chi connectivity index (χ4n) is 10.2. The summed E-state index contributed by atoms with van der Waals surface area (Å²) < 4.78 is 14.0. The van der Waals surface area contributed by atoms with E-state index in [1.54, 1.807) is 70.0 Å². The number of fused-ring (bicyclic) bond motifs is 2. The fourth-order valence-corrected chi connectivity index (χ4v) is 10.2. The number of hydrogen-bond donors (Lipinski definition) is 6. The Kier molecular flexibility index (Phi) is 13.2. The molecule has 2 amide bonds. The minimum absolute atomic E-state index is 0.201. The number of rotatable bonds is 17. The Labute approximate surface area is 422 Å². The van der Waals surface area contributed by atoms with E-state index in [-0.39, 0.29) is 49.4 Å². The molecule has 4 aromatic carbocycles. The lowest BCUT2D eigenvalue weighted by Crippen LogP contribution is -2.38. The highest BCUT2D eigenvalue weighted by molar-refractivity contribution is 6.00. The first-order valence-electron chi connectivity index (χ1n) is 23.7. The molecule has 8 aromatic rings. The van der Waals surface area contributed by atoms with Crippen molar-refractivity contribution in [3.63, 3.8) is 0 Å². The molecule has 0 saturated heterocycles. The highest BCUT2D eigenvalue weighted by Crippen LogP contribution is 2.45. The van der Waals surface area contributed by atoms with E-state index in [2.05, 4.69) is 30.6 Å². The average molecular weight is 995 g/mol. The average Bonchev–Trinajstić information content (AvgIpc) is 4.25. The summed E-state index contributed by atoms with van der Waals surface area (Å²) in [4.78, 5) is 70.1. The molecule has 0 aliphatic heterocycles. The second-order valence-electron chi connectivity index (χ2n) is 18.1. The van der Waals surface area contributed by atoms with E-state index in [9.17, 15) is 29.4 Å². The normalized spacial score (nSPS) is 17.8. The molecule has 74 heavy (non-hydrogen) atoms. The maximum atomic E-state index is 13.3. The van der Waals surface area contributed by atoms with Gasteiger partial charge in [-0.3, -0.25) is 19.2 Å². The molecule has 0 saturated carbocycles. The van der Waals surface area contributed by atoms with Crippen LogP contribution in [-0.4, -0.2) is 87.7 Å². The van der Waals surface area contributed by atoms with Crippen molar-refractivity contribution >= 4 is 57.5 Å². The number of carboxylic acids is 2. The smallest absolute Gasteiger partial charge is 0.307 e. The van der Waals surface area contributed by atoms with Gasteiger partial charge in [-0.15, -0.1) is 0 Å². The molecule has 0 fully saturated rings. The molecule has 20 heteroatoms. The Hall–Kier alpha value is -9.46. The van der Waals surface area contributed by atoms with E-state index >= 15 is 0 Å². The summed E-state index contributed by atoms with van der Waals surface area (Å²) in [5, 5.41) is 38.5. The number of carbonyl (C=O) groups excluding carboxylic acids is 2. The zero-order valence-electron chi connectivity index (χ0n) is 40.1. The van der Waals surface area contributed by atoms with E-state index in [4.69, 9.17) is 31.1 Å². The van der Waals surface area contributed by atoms with Crippen LogP contribution in [0.2, 0.25) is 0 Å². The van der Waals surface area contributed by atoms with Crippen molar-refractivity contribution in [3.8, 4) is 34.0 Å². The molecule has 20 nitrogen and oxygen atoms in total. The molecule has 4 heterocycles. The minimum Gasteiger partial charge on any atom is -0.496 e. The Morgan fingerprint density at radius 3 is 1.35 bits per heavy atom. The molecule has 0 spiro atoms. The number of nitrogen functional groups attached to an aromatic ring is 2. The lowest BCUT2D eigenvalue weighted by molar-refractivity contribution is -0.157. The number of nitrogens with one attached hydrogen (secondary N) is 2. The van der Waals surface area contributed by atoms with Crippen molar-refractivity contribution in [1.29, 1.82) is 0 Å². The number of benzene rings is 4. The van der Waals surface area contributed by atoms with E-state index in [1.165, 1.54) is 26.9 Å². The van der Waals surface area contributed by atoms with Crippen molar-refractivity contribution in [2.75, 3.05) is 25.7 Å². The third kappa shape index (κ3) is 9.19. The van der Waals surface area contributed by atoms with E-state index in [1.807, 2.05) is 60.7 Å². The zero-order valence-corrected chi connectivity index (χ0v) is 40.1. The third-order valence-corrected chi connectivity index (χ3v) is 13.8. The van der Waals surface area contributed by atoms with Gasteiger partial charge in [0, 0.05) is 24.2 Å². The molecule has 4 aromatic heterocycles. The minimum atomic E-state index is -1.32. The van der Waals surface area contributed by atoms with Crippen molar-refractivity contribution in [2.24, 2.45) is 23.7 Å². The first kappa shape index (κ1) is 48.2. The number of ether oxygens (including phenoxy) is 2. The number of nitrogens with two attached hydrogens (primary N) is 2. The van der Waals surface area contributed by atoms with Crippen LogP contribution in [0.5, 0.6) is 11.5 Å². The molecule has 2 aliphatic carbocycles. The van der Waals surface area contributed by atoms with Gasteiger partial charge in [0.15, 0.2) is 11.3 Å². The van der Waals surface area contributed by atoms with Crippen molar-refractivity contribution in [2.45, 2.75) is 38.0 Å². The number of nitrogens with zero attached hydrogens (tertiary/aromatic N) is 8. The molecular formula is C54H50N12O8. The van der Waals surface area contributed by atoms with Crippen LogP contribution >= 0.6 is 0 Å². The summed E-state index contributed by atoms with van der Waals surface area (Å²) in [5.41, 5.74) is 18.7. The molecule has 0 bridgehead atoms. The van der Waals surface area contributed by atoms with Crippen LogP contribution in [0.3, 0.4) is 0 Å². The lowest BCUT2D eigenvalue weighted by atomic mass is 9.74. The highest BCUT2D eigenvalue weighted by atomic mass is 16.5. The van der Waals surface area contributed by atoms with Gasteiger partial charge in [-0.2, -0.15) is 10.2 Å². The van der Waals surface area contributed by atoms with E-state index in [0.29, 0.717) is 67.2 Å². The molecule has 0 radical (unpaired) electrons. The van der Waals surface area contributed by atoms with Crippen molar-refractivity contribution < 1.29 is 38.9 Å². The van der Waals surface area contributed by atoms with Crippen molar-refractivity contribution in [3.05, 3.63) is 156 Å². The number of aliphatic carboxylic acids is 2. The summed E-state index contributed by atoms with van der Waals surface area (Å²) in [6.45, 7) is 0.508. The Morgan fingerprint density at radius 2 is 0.973 bits per heavy atom. The zero-order chi connectivity index (χ0) is 51.6. The first-order chi connectivity index (χ1) is 35.9. The van der Waals surface area contributed by atoms with Gasteiger partial charge in [0.2, 0.25) is 0 Å². The van der Waals surface area contributed by atoms with E-state index < -0.39 is 47.7 Å². The maximum Gasteiger partial charge on any atom is 0.307 e. The van der Waals surface area contributed by atoms with Crippen LogP contribution in [0.1, 0.15) is 56.8 Å². The van der Waals surface area contributed by atoms with Gasteiger partial charge in [0.1, 0.15) is 47.2 Å². The van der Waals surface area contributed by atoms with Gasteiger partial charge in [-0.1, -0.05) is 97.1 Å². The molecule has 6 atom stereocenters. The van der Waals surface area contributed by atoms with Gasteiger partial charge in [0.05, 0.1) is 60.0 Å². The Balaban J connectivity index is 0.846. The second kappa shape index (κ2) is 20.3. The topological polar surface area (TPSA) is 290 Å². The summed E-state index contributed by atoms with van der Waals surface area (Å²) in [7, 11) is 3.02. The third-order valence-electron chi connectivity index (χ3n) is 13.8. The largest absolute Gasteiger partial charge is 0.496 e. The van der Waals surface area contributed by atoms with Gasteiger partial charge in [-0.25, -0.2) is 29.3 Å². The lowest BCUT2D eigenvalue weighted by Gasteiger charge is -2.29. The standard InChI is InChI=1S/C54H50N12O8/c1-73-39-9-5-3-7-37(39)51(67)57-25-29-11-15-31(16-12-29)45-43-47(55)59-27-61-49(43)65(63-45)35-21-19-33(23-35)41(53(69)70)42(54(71)72)34-20-22-36(24-34)66-50-44(48(56)60-28-62-50)46(64-66)32-17-13-30(14-18-32)26-58-52(68)38-8-4-6-10-40(38)74-2/h3-22,27-28,33-36,41-42H,23-26H2,1-2H3,(H,57,67)(H,58,68)(H,69,70)(H,71,72)(H2,55,59,61)(H2,56,60,62)/t33-,34-,35-,36-,41?,42?/m0/s1. The number of aromatic nitrogens is 8. The summed E-state index contributed by atoms with van der Waals surface area (Å²) in [6, 6.07) is 27.9. The quantitative estimate of drug-likeness (QED) is 0.0519. The Morgan fingerprint density at radius 1 is 0.581 bits per heavy atom. The van der Waals surface area contributed by atoms with Crippen LogP contribution in [-0.2, 0) is 22.7 Å². The van der Waals surface area contributed by atoms with E-state index in [0.717, 1.165) is 11.1 Å². The second-order valence-corrected chi connectivity index (χ2v) is 18.1. The molecule has 374 valence electrons. The van der Waals surface area contributed by atoms with Gasteiger partial charge < -0.3 is 41.8 Å². The SMILES string of the molecule is COc1ccccc1C(=O)NCc1ccc(-c2nn([C@H]3C=C[C@H](C(C(=O)O)C(C(=O)O)[C@H]4C=C[C@H](n5nc(-c6ccc(CNC(=O)c7ccccc7OC)cc6)c6c(N)ncnc65)C4)C3)c3ncnc(N)c23)cc1. The molecule has 2 aliphatic rings. The van der Waals surface area contributed by atoms with Gasteiger partial charge >= 0.3 is 11.9 Å². The number of allylic oxidation sites excluding steroid dienone is 4. The van der Waals surface area contributed by atoms with Crippen LogP contribution < -0.4 is 31.6 Å². The summed E-state index contributed by atoms with van der Waals surface area (Å²) in [6.07, 6.45) is 10.3. The number of hydrogen-bond acceptors (Lipinski definition) is 14. The van der Waals surface area contributed by atoms with Gasteiger partial charge in [-0.05, 0) is 60.1 Å². The molecule has 10 rings (SSSR count). The van der Waals surface area contributed by atoms with Crippen molar-refractivity contribution in [1.82, 2.24) is 50.1 Å². The predicted octanol–water partition coefficient (Wildman–Crippen LogP) is 6.68. The number of methoxy groups -OCH3 is 2. The molecule has 2 unspecified atom stereocenters. The van der Waals surface area contributed by atoms with Crippen LogP contribution in [0.15, 0.2) is 134 Å².